The number of carbonyl (C=O) groups is 3. The van der Waals surface area contributed by atoms with Crippen molar-refractivity contribution in [1.82, 2.24) is 5.32 Å². The van der Waals surface area contributed by atoms with Crippen LogP contribution in [0.1, 0.15) is 6.92 Å². The first-order chi connectivity index (χ1) is 6.49. The van der Waals surface area contributed by atoms with Gasteiger partial charge in [-0.3, -0.25) is 9.59 Å². The maximum atomic E-state index is 11.0. The van der Waals surface area contributed by atoms with Crippen LogP contribution in [0.15, 0.2) is 0 Å². The zero-order valence-corrected chi connectivity index (χ0v) is 7.78. The lowest BCUT2D eigenvalue weighted by Gasteiger charge is -2.09. The molecule has 5 N–H and O–H groups in total. The van der Waals surface area contributed by atoms with E-state index in [0.717, 1.165) is 0 Å². The summed E-state index contributed by atoms with van der Waals surface area (Å²) in [6, 6.07) is -1.42. The van der Waals surface area contributed by atoms with Gasteiger partial charge < -0.3 is 21.5 Å². The van der Waals surface area contributed by atoms with Gasteiger partial charge in [0.1, 0.15) is 0 Å². The van der Waals surface area contributed by atoms with Crippen molar-refractivity contribution in [3.05, 3.63) is 0 Å². The van der Waals surface area contributed by atoms with Crippen molar-refractivity contribution in [2.45, 2.75) is 13.0 Å². The van der Waals surface area contributed by atoms with Crippen LogP contribution in [-0.2, 0) is 19.1 Å². The molecule has 14 heavy (non-hydrogen) atoms. The van der Waals surface area contributed by atoms with Gasteiger partial charge in [-0.2, -0.15) is 0 Å². The minimum atomic E-state index is -1.42. The molecule has 7 nitrogen and oxygen atoms in total. The first kappa shape index (κ1) is 12.4. The van der Waals surface area contributed by atoms with Crippen LogP contribution >= 0.6 is 0 Å². The largest absolute Gasteiger partial charge is 0.464 e. The molecule has 0 bridgehead atoms. The molecule has 1 unspecified atom stereocenters. The van der Waals surface area contributed by atoms with Gasteiger partial charge in [-0.25, -0.2) is 4.79 Å². The van der Waals surface area contributed by atoms with Crippen LogP contribution in [-0.4, -0.2) is 37.0 Å². The average molecular weight is 203 g/mol. The molecular formula is C7H13N3O4. The Bertz CT molecular complexity index is 241. The molecule has 0 aliphatic carbocycles. The molecular weight excluding hydrogens is 190 g/mol. The number of primary amides is 1. The van der Waals surface area contributed by atoms with Gasteiger partial charge in [-0.05, 0) is 6.92 Å². The zero-order valence-electron chi connectivity index (χ0n) is 7.78. The monoisotopic (exact) mass is 203 g/mol. The highest BCUT2D eigenvalue weighted by atomic mass is 16.5. The minimum Gasteiger partial charge on any atom is -0.464 e. The van der Waals surface area contributed by atoms with Gasteiger partial charge in [0.25, 0.3) is 0 Å². The van der Waals surface area contributed by atoms with E-state index in [-0.39, 0.29) is 13.2 Å². The third kappa shape index (κ3) is 4.41. The van der Waals surface area contributed by atoms with Crippen LogP contribution in [0, 0.1) is 0 Å². The number of hydrogen-bond donors (Lipinski definition) is 3. The molecule has 0 aliphatic rings. The summed E-state index contributed by atoms with van der Waals surface area (Å²) in [5, 5.41) is 2.08. The number of ether oxygens (including phenoxy) is 1. The van der Waals surface area contributed by atoms with E-state index in [1.807, 2.05) is 0 Å². The van der Waals surface area contributed by atoms with E-state index in [4.69, 9.17) is 11.5 Å². The maximum Gasteiger partial charge on any atom is 0.332 e. The highest BCUT2D eigenvalue weighted by Crippen LogP contribution is 1.85. The fraction of sp³-hybridized carbons (Fsp3) is 0.571. The highest BCUT2D eigenvalue weighted by Gasteiger charge is 2.23. The van der Waals surface area contributed by atoms with Gasteiger partial charge in [0, 0.05) is 0 Å². The molecule has 0 aromatic rings. The second kappa shape index (κ2) is 5.92. The molecule has 0 aliphatic heterocycles. The Balaban J connectivity index is 3.98. The van der Waals surface area contributed by atoms with Crippen LogP contribution in [0.25, 0.3) is 0 Å². The van der Waals surface area contributed by atoms with E-state index in [1.165, 1.54) is 0 Å². The number of esters is 1. The lowest BCUT2D eigenvalue weighted by Crippen LogP contribution is -2.48. The fourth-order valence-electron chi connectivity index (χ4n) is 0.623. The number of carbonyl (C=O) groups excluding carboxylic acids is 3. The van der Waals surface area contributed by atoms with Gasteiger partial charge in [-0.15, -0.1) is 0 Å². The van der Waals surface area contributed by atoms with Gasteiger partial charge in [0.05, 0.1) is 13.2 Å². The summed E-state index contributed by atoms with van der Waals surface area (Å²) in [7, 11) is 0. The van der Waals surface area contributed by atoms with E-state index in [1.54, 1.807) is 6.92 Å². The van der Waals surface area contributed by atoms with E-state index < -0.39 is 23.8 Å². The van der Waals surface area contributed by atoms with Gasteiger partial charge in [0.15, 0.2) is 6.04 Å². The number of rotatable bonds is 5. The molecule has 7 heteroatoms. The van der Waals surface area contributed by atoms with Crippen molar-refractivity contribution in [1.29, 1.82) is 0 Å². The summed E-state index contributed by atoms with van der Waals surface area (Å²) < 4.78 is 4.49. The second-order valence-electron chi connectivity index (χ2n) is 2.41. The van der Waals surface area contributed by atoms with Crippen molar-refractivity contribution in [3.63, 3.8) is 0 Å². The first-order valence-corrected chi connectivity index (χ1v) is 3.97. The third-order valence-corrected chi connectivity index (χ3v) is 1.26. The van der Waals surface area contributed by atoms with Crippen LogP contribution in [0.2, 0.25) is 0 Å². The third-order valence-electron chi connectivity index (χ3n) is 1.26. The molecule has 0 heterocycles. The SMILES string of the molecule is CCOC(=O)C(N)C(=O)NCC(N)=O. The molecule has 80 valence electrons. The Kier molecular flexibility index (Phi) is 5.23. The van der Waals surface area contributed by atoms with Crippen LogP contribution in [0.3, 0.4) is 0 Å². The Morgan fingerprint density at radius 3 is 2.43 bits per heavy atom. The molecule has 0 saturated heterocycles. The van der Waals surface area contributed by atoms with Crippen molar-refractivity contribution in [2.24, 2.45) is 11.5 Å². The average Bonchev–Trinajstić information content (AvgIpc) is 2.13. The van der Waals surface area contributed by atoms with Crippen molar-refractivity contribution < 1.29 is 19.1 Å². The van der Waals surface area contributed by atoms with Crippen molar-refractivity contribution in [3.8, 4) is 0 Å². The molecule has 0 fully saturated rings. The molecule has 1 atom stereocenters. The lowest BCUT2D eigenvalue weighted by molar-refractivity contribution is -0.148. The first-order valence-electron chi connectivity index (χ1n) is 3.97. The summed E-state index contributed by atoms with van der Waals surface area (Å²) in [5.41, 5.74) is 9.96. The smallest absolute Gasteiger partial charge is 0.332 e. The molecule has 0 aromatic carbocycles. The van der Waals surface area contributed by atoms with E-state index in [2.05, 4.69) is 10.1 Å². The van der Waals surface area contributed by atoms with Crippen molar-refractivity contribution >= 4 is 17.8 Å². The predicted octanol–water partition coefficient (Wildman–Crippen LogP) is -2.52. The standard InChI is InChI=1S/C7H13N3O4/c1-2-14-7(13)5(9)6(12)10-3-4(8)11/h5H,2-3,9H2,1H3,(H2,8,11)(H,10,12). The highest BCUT2D eigenvalue weighted by molar-refractivity contribution is 6.02. The van der Waals surface area contributed by atoms with Crippen molar-refractivity contribution in [2.75, 3.05) is 13.2 Å². The van der Waals surface area contributed by atoms with Crippen LogP contribution in [0.4, 0.5) is 0 Å². The van der Waals surface area contributed by atoms with Crippen LogP contribution < -0.4 is 16.8 Å². The molecule has 0 radical (unpaired) electrons. The Labute approximate surface area is 80.8 Å². The maximum absolute atomic E-state index is 11.0. The van der Waals surface area contributed by atoms with E-state index >= 15 is 0 Å². The normalized spacial score (nSPS) is 11.6. The summed E-state index contributed by atoms with van der Waals surface area (Å²) in [4.78, 5) is 32.2. The van der Waals surface area contributed by atoms with E-state index in [9.17, 15) is 14.4 Å². The Hall–Kier alpha value is -1.63. The Morgan fingerprint density at radius 1 is 1.43 bits per heavy atom. The summed E-state index contributed by atoms with van der Waals surface area (Å²) >= 11 is 0. The van der Waals surface area contributed by atoms with Gasteiger partial charge in [0.2, 0.25) is 11.8 Å². The van der Waals surface area contributed by atoms with Crippen LogP contribution in [0.5, 0.6) is 0 Å². The zero-order chi connectivity index (χ0) is 11.1. The molecule has 2 amide bonds. The van der Waals surface area contributed by atoms with Gasteiger partial charge >= 0.3 is 5.97 Å². The number of hydrogen-bond acceptors (Lipinski definition) is 5. The fourth-order valence-corrected chi connectivity index (χ4v) is 0.623. The second-order valence-corrected chi connectivity index (χ2v) is 2.41. The minimum absolute atomic E-state index is 0.135. The molecule has 0 spiro atoms. The predicted molar refractivity (Wildman–Crippen MR) is 46.8 cm³/mol. The summed E-state index contributed by atoms with van der Waals surface area (Å²) in [5.74, 6) is -2.34. The van der Waals surface area contributed by atoms with E-state index in [0.29, 0.717) is 0 Å². The summed E-state index contributed by atoms with van der Waals surface area (Å²) in [6.07, 6.45) is 0. The Morgan fingerprint density at radius 2 is 2.00 bits per heavy atom. The quantitative estimate of drug-likeness (QED) is 0.336. The lowest BCUT2D eigenvalue weighted by atomic mass is 10.3. The number of nitrogens with two attached hydrogens (primary N) is 2. The molecule has 0 rings (SSSR count). The number of nitrogens with one attached hydrogen (secondary N) is 1. The number of amides is 2. The molecule has 0 saturated carbocycles. The molecule has 0 aromatic heterocycles. The summed E-state index contributed by atoms with van der Waals surface area (Å²) in [6.45, 7) is 1.37. The van der Waals surface area contributed by atoms with Gasteiger partial charge in [-0.1, -0.05) is 0 Å². The topological polar surface area (TPSA) is 125 Å².